The molecule has 0 atom stereocenters. The van der Waals surface area contributed by atoms with Crippen LogP contribution >= 0.6 is 11.3 Å². The lowest BCUT2D eigenvalue weighted by Gasteiger charge is -2.38. The number of thiophene rings is 1. The molecule has 3 heterocycles. The number of ether oxygens (including phenoxy) is 2. The van der Waals surface area contributed by atoms with E-state index in [0.717, 1.165) is 19.6 Å². The van der Waals surface area contributed by atoms with Crippen molar-refractivity contribution in [2.24, 2.45) is 0 Å². The quantitative estimate of drug-likeness (QED) is 0.894. The fraction of sp³-hybridized carbons (Fsp3) is 0.529. The molecule has 0 aliphatic carbocycles. The van der Waals surface area contributed by atoms with Gasteiger partial charge in [0.2, 0.25) is 5.88 Å². The number of aliphatic hydroxyl groups is 1. The van der Waals surface area contributed by atoms with Crippen LogP contribution in [-0.4, -0.2) is 47.3 Å². The molecule has 1 aliphatic rings. The summed E-state index contributed by atoms with van der Waals surface area (Å²) in [5.41, 5.74) is -0.322. The van der Waals surface area contributed by atoms with Crippen molar-refractivity contribution in [2.45, 2.75) is 31.9 Å². The van der Waals surface area contributed by atoms with E-state index in [2.05, 4.69) is 33.9 Å². The maximum atomic E-state index is 11.1. The van der Waals surface area contributed by atoms with E-state index in [1.165, 1.54) is 16.9 Å². The molecule has 24 heavy (non-hydrogen) atoms. The number of hydrogen-bond acceptors (Lipinski definition) is 7. The van der Waals surface area contributed by atoms with Crippen molar-refractivity contribution < 1.29 is 14.6 Å². The first-order chi connectivity index (χ1) is 11.5. The van der Waals surface area contributed by atoms with E-state index >= 15 is 0 Å². The summed E-state index contributed by atoms with van der Waals surface area (Å²) in [4.78, 5) is 13.4. The van der Waals surface area contributed by atoms with Crippen molar-refractivity contribution in [1.82, 2.24) is 14.9 Å². The standard InChI is InChI=1S/C17H23N3O3S/c1-12-4-5-13(24-12)11-20-8-6-17(21,7-9-20)14-10-18-16(23-3)19-15(14)22-2/h4-5,10,21H,6-9,11H2,1-3H3. The second kappa shape index (κ2) is 7.04. The number of hydrogen-bond donors (Lipinski definition) is 1. The van der Waals surface area contributed by atoms with Gasteiger partial charge in [-0.05, 0) is 31.9 Å². The summed E-state index contributed by atoms with van der Waals surface area (Å²) < 4.78 is 10.4. The minimum absolute atomic E-state index is 0.240. The van der Waals surface area contributed by atoms with Crippen molar-refractivity contribution in [3.05, 3.63) is 33.6 Å². The molecule has 6 nitrogen and oxygen atoms in total. The van der Waals surface area contributed by atoms with Crippen molar-refractivity contribution >= 4 is 11.3 Å². The lowest BCUT2D eigenvalue weighted by atomic mass is 9.85. The normalized spacial score (nSPS) is 17.7. The van der Waals surface area contributed by atoms with Gasteiger partial charge in [-0.15, -0.1) is 11.3 Å². The Hall–Kier alpha value is -1.70. The van der Waals surface area contributed by atoms with Crippen LogP contribution in [0.3, 0.4) is 0 Å². The Kier molecular flexibility index (Phi) is 5.03. The average molecular weight is 349 g/mol. The number of methoxy groups -OCH3 is 2. The van der Waals surface area contributed by atoms with Crippen molar-refractivity contribution in [1.29, 1.82) is 0 Å². The summed E-state index contributed by atoms with van der Waals surface area (Å²) in [5, 5.41) is 11.1. The maximum absolute atomic E-state index is 11.1. The second-order valence-electron chi connectivity index (χ2n) is 6.10. The molecule has 3 rings (SSSR count). The first kappa shape index (κ1) is 17.1. The molecule has 7 heteroatoms. The van der Waals surface area contributed by atoms with Gasteiger partial charge in [0.1, 0.15) is 0 Å². The number of nitrogens with zero attached hydrogens (tertiary/aromatic N) is 3. The van der Waals surface area contributed by atoms with Crippen LogP contribution < -0.4 is 9.47 Å². The molecule has 0 saturated carbocycles. The summed E-state index contributed by atoms with van der Waals surface area (Å²) in [6, 6.07) is 4.57. The summed E-state index contributed by atoms with van der Waals surface area (Å²) in [5.74, 6) is 0.381. The fourth-order valence-electron chi connectivity index (χ4n) is 3.06. The van der Waals surface area contributed by atoms with E-state index < -0.39 is 5.60 Å². The average Bonchev–Trinajstić information content (AvgIpc) is 3.01. The highest BCUT2D eigenvalue weighted by Crippen LogP contribution is 2.37. The number of aromatic nitrogens is 2. The van der Waals surface area contributed by atoms with Gasteiger partial charge >= 0.3 is 6.01 Å². The van der Waals surface area contributed by atoms with Crippen molar-refractivity contribution in [3.8, 4) is 11.9 Å². The molecular weight excluding hydrogens is 326 g/mol. The summed E-state index contributed by atoms with van der Waals surface area (Å²) >= 11 is 1.83. The first-order valence-electron chi connectivity index (χ1n) is 7.99. The van der Waals surface area contributed by atoms with Crippen LogP contribution in [0.2, 0.25) is 0 Å². The van der Waals surface area contributed by atoms with E-state index in [9.17, 15) is 5.11 Å². The molecule has 2 aromatic heterocycles. The number of aryl methyl sites for hydroxylation is 1. The van der Waals surface area contributed by atoms with Gasteiger partial charge in [-0.3, -0.25) is 4.90 Å². The summed E-state index contributed by atoms with van der Waals surface area (Å²) in [6.07, 6.45) is 2.87. The minimum atomic E-state index is -0.959. The molecule has 0 spiro atoms. The zero-order chi connectivity index (χ0) is 17.2. The van der Waals surface area contributed by atoms with Crippen LogP contribution in [0.5, 0.6) is 11.9 Å². The van der Waals surface area contributed by atoms with Gasteiger partial charge < -0.3 is 14.6 Å². The molecule has 0 radical (unpaired) electrons. The molecule has 1 N–H and O–H groups in total. The van der Waals surface area contributed by atoms with Crippen molar-refractivity contribution in [3.63, 3.8) is 0 Å². The highest BCUT2D eigenvalue weighted by Gasteiger charge is 2.37. The third-order valence-electron chi connectivity index (χ3n) is 4.47. The zero-order valence-electron chi connectivity index (χ0n) is 14.3. The van der Waals surface area contributed by atoms with E-state index in [1.54, 1.807) is 13.3 Å². The zero-order valence-corrected chi connectivity index (χ0v) is 15.1. The van der Waals surface area contributed by atoms with Crippen LogP contribution in [0.1, 0.15) is 28.2 Å². The highest BCUT2D eigenvalue weighted by atomic mass is 32.1. The van der Waals surface area contributed by atoms with Crippen LogP contribution in [0.25, 0.3) is 0 Å². The van der Waals surface area contributed by atoms with Crippen molar-refractivity contribution in [2.75, 3.05) is 27.3 Å². The Morgan fingerprint density at radius 2 is 2.00 bits per heavy atom. The molecule has 0 aromatic carbocycles. The van der Waals surface area contributed by atoms with Gasteiger partial charge in [0, 0.05) is 35.6 Å². The Bertz CT molecular complexity index is 696. The van der Waals surface area contributed by atoms with E-state index in [0.29, 0.717) is 24.3 Å². The van der Waals surface area contributed by atoms with E-state index in [1.807, 2.05) is 11.3 Å². The molecule has 0 bridgehead atoms. The molecular formula is C17H23N3O3S. The van der Waals surface area contributed by atoms with Gasteiger partial charge in [-0.2, -0.15) is 4.98 Å². The molecule has 130 valence electrons. The molecule has 1 aliphatic heterocycles. The number of piperidine rings is 1. The van der Waals surface area contributed by atoms with Crippen LogP contribution in [-0.2, 0) is 12.1 Å². The first-order valence-corrected chi connectivity index (χ1v) is 8.81. The topological polar surface area (TPSA) is 67.7 Å². The van der Waals surface area contributed by atoms with Gasteiger partial charge in [-0.1, -0.05) is 0 Å². The Morgan fingerprint density at radius 1 is 1.25 bits per heavy atom. The van der Waals surface area contributed by atoms with Gasteiger partial charge in [-0.25, -0.2) is 4.98 Å². The Labute approximate surface area is 146 Å². The van der Waals surface area contributed by atoms with E-state index in [4.69, 9.17) is 9.47 Å². The SMILES string of the molecule is COc1ncc(C2(O)CCN(Cc3ccc(C)s3)CC2)c(OC)n1. The number of likely N-dealkylation sites (tertiary alicyclic amines) is 1. The number of rotatable bonds is 5. The lowest BCUT2D eigenvalue weighted by molar-refractivity contribution is -0.0298. The van der Waals surface area contributed by atoms with Crippen LogP contribution in [0.4, 0.5) is 0 Å². The minimum Gasteiger partial charge on any atom is -0.481 e. The highest BCUT2D eigenvalue weighted by molar-refractivity contribution is 7.11. The molecule has 1 saturated heterocycles. The van der Waals surface area contributed by atoms with Crippen LogP contribution in [0, 0.1) is 6.92 Å². The fourth-order valence-corrected chi connectivity index (χ4v) is 4.00. The molecule has 1 fully saturated rings. The Morgan fingerprint density at radius 3 is 2.58 bits per heavy atom. The predicted octanol–water partition coefficient (Wildman–Crippen LogP) is 2.35. The third-order valence-corrected chi connectivity index (χ3v) is 5.45. The van der Waals surface area contributed by atoms with E-state index in [-0.39, 0.29) is 6.01 Å². The largest absolute Gasteiger partial charge is 0.481 e. The lowest BCUT2D eigenvalue weighted by Crippen LogP contribution is -2.42. The molecule has 2 aromatic rings. The molecule has 0 unspecified atom stereocenters. The summed E-state index contributed by atoms with van der Waals surface area (Å²) in [7, 11) is 3.05. The third kappa shape index (κ3) is 3.53. The maximum Gasteiger partial charge on any atom is 0.319 e. The van der Waals surface area contributed by atoms with Gasteiger partial charge in [0.05, 0.1) is 25.4 Å². The van der Waals surface area contributed by atoms with Gasteiger partial charge in [0.25, 0.3) is 0 Å². The monoisotopic (exact) mass is 349 g/mol. The Balaban J connectivity index is 1.70. The summed E-state index contributed by atoms with van der Waals surface area (Å²) in [6.45, 7) is 4.70. The van der Waals surface area contributed by atoms with Gasteiger partial charge in [0.15, 0.2) is 0 Å². The smallest absolute Gasteiger partial charge is 0.319 e. The predicted molar refractivity (Wildman–Crippen MR) is 92.6 cm³/mol. The second-order valence-corrected chi connectivity index (χ2v) is 7.47. The molecule has 0 amide bonds. The van der Waals surface area contributed by atoms with Crippen LogP contribution in [0.15, 0.2) is 18.3 Å².